The minimum atomic E-state index is -0.0546. The van der Waals surface area contributed by atoms with Crippen molar-refractivity contribution in [2.24, 2.45) is 0 Å². The highest BCUT2D eigenvalue weighted by Crippen LogP contribution is 2.31. The molecule has 1 amide bonds. The van der Waals surface area contributed by atoms with Gasteiger partial charge in [-0.3, -0.25) is 4.79 Å². The zero-order chi connectivity index (χ0) is 13.7. The topological polar surface area (TPSA) is 38.3 Å². The van der Waals surface area contributed by atoms with E-state index >= 15 is 0 Å². The van der Waals surface area contributed by atoms with E-state index in [4.69, 9.17) is 4.74 Å². The Bertz CT molecular complexity index is 430. The van der Waals surface area contributed by atoms with Gasteiger partial charge in [-0.25, -0.2) is 0 Å². The fourth-order valence-electron chi connectivity index (χ4n) is 2.21. The fraction of sp³-hybridized carbons (Fsp3) is 0.615. The molecule has 0 atom stereocenters. The monoisotopic (exact) mass is 409 g/mol. The van der Waals surface area contributed by atoms with Crippen LogP contribution in [0.2, 0.25) is 0 Å². The summed E-state index contributed by atoms with van der Waals surface area (Å²) in [7, 11) is 0. The Balaban J connectivity index is 1.67. The Kier molecular flexibility index (Phi) is 6.32. The molecule has 1 saturated carbocycles. The van der Waals surface area contributed by atoms with E-state index in [1.54, 1.807) is 0 Å². The first-order valence-corrected chi connectivity index (χ1v) is 8.91. The number of rotatable bonds is 5. The highest BCUT2D eigenvalue weighted by atomic mass is 79.9. The summed E-state index contributed by atoms with van der Waals surface area (Å²) in [5, 5.41) is 2.88. The van der Waals surface area contributed by atoms with Crippen LogP contribution in [0.15, 0.2) is 13.6 Å². The van der Waals surface area contributed by atoms with Crippen LogP contribution in [0.1, 0.15) is 42.5 Å². The zero-order valence-electron chi connectivity index (χ0n) is 10.6. The van der Waals surface area contributed by atoms with Crippen LogP contribution in [-0.2, 0) is 4.74 Å². The van der Waals surface area contributed by atoms with Gasteiger partial charge in [-0.2, -0.15) is 0 Å². The normalized spacial score (nSPS) is 16.5. The van der Waals surface area contributed by atoms with Crippen molar-refractivity contribution in [2.75, 3.05) is 13.2 Å². The van der Waals surface area contributed by atoms with Crippen molar-refractivity contribution >= 4 is 49.1 Å². The molecule has 2 rings (SSSR count). The number of amides is 1. The van der Waals surface area contributed by atoms with Crippen LogP contribution in [0.4, 0.5) is 0 Å². The third-order valence-corrected chi connectivity index (χ3v) is 5.53. The molecule has 0 spiro atoms. The largest absolute Gasteiger partial charge is 0.376 e. The molecule has 1 N–H and O–H groups in total. The summed E-state index contributed by atoms with van der Waals surface area (Å²) in [6.45, 7) is 1.16. The molecule has 1 aromatic rings. The second-order valence-corrected chi connectivity index (χ2v) is 8.37. The lowest BCUT2D eigenvalue weighted by molar-refractivity contribution is 0.0299. The fourth-order valence-corrected chi connectivity index (χ4v) is 5.01. The second kappa shape index (κ2) is 7.76. The van der Waals surface area contributed by atoms with Gasteiger partial charge in [-0.15, -0.1) is 11.3 Å². The van der Waals surface area contributed by atoms with Gasteiger partial charge in [-0.1, -0.05) is 19.3 Å². The van der Waals surface area contributed by atoms with Crippen LogP contribution in [-0.4, -0.2) is 25.2 Å². The van der Waals surface area contributed by atoms with E-state index in [1.165, 1.54) is 30.6 Å². The van der Waals surface area contributed by atoms with Gasteiger partial charge in [0.25, 0.3) is 5.91 Å². The van der Waals surface area contributed by atoms with E-state index in [0.29, 0.717) is 24.8 Å². The summed E-state index contributed by atoms with van der Waals surface area (Å²) in [6.07, 6.45) is 6.60. The molecule has 1 aliphatic rings. The molecular formula is C13H17Br2NO2S. The third-order valence-electron chi connectivity index (χ3n) is 3.19. The van der Waals surface area contributed by atoms with Crippen LogP contribution in [0.25, 0.3) is 0 Å². The van der Waals surface area contributed by atoms with Crippen molar-refractivity contribution in [3.63, 3.8) is 0 Å². The number of carbonyl (C=O) groups excluding carboxylic acids is 1. The first kappa shape index (κ1) is 15.5. The van der Waals surface area contributed by atoms with E-state index < -0.39 is 0 Å². The van der Waals surface area contributed by atoms with Crippen LogP contribution in [0.5, 0.6) is 0 Å². The lowest BCUT2D eigenvalue weighted by Gasteiger charge is -2.21. The molecule has 1 fully saturated rings. The van der Waals surface area contributed by atoms with Gasteiger partial charge < -0.3 is 10.1 Å². The summed E-state index contributed by atoms with van der Waals surface area (Å²) in [4.78, 5) is 11.9. The molecule has 0 aromatic carbocycles. The Morgan fingerprint density at radius 1 is 1.37 bits per heavy atom. The predicted molar refractivity (Wildman–Crippen MR) is 84.9 cm³/mol. The molecule has 0 radical (unpaired) electrons. The molecule has 6 heteroatoms. The smallest absolute Gasteiger partial charge is 0.253 e. The van der Waals surface area contributed by atoms with Crippen molar-refractivity contribution in [3.8, 4) is 0 Å². The van der Waals surface area contributed by atoms with Crippen LogP contribution in [0.3, 0.4) is 0 Å². The number of hydrogen-bond acceptors (Lipinski definition) is 3. The maximum absolute atomic E-state index is 11.9. The maximum atomic E-state index is 11.9. The van der Waals surface area contributed by atoms with Gasteiger partial charge in [-0.05, 0) is 50.8 Å². The summed E-state index contributed by atoms with van der Waals surface area (Å²) in [5.74, 6) is -0.0546. The van der Waals surface area contributed by atoms with Crippen LogP contribution < -0.4 is 5.32 Å². The molecule has 0 aliphatic heterocycles. The molecule has 19 heavy (non-hydrogen) atoms. The summed E-state index contributed by atoms with van der Waals surface area (Å²) < 4.78 is 7.57. The van der Waals surface area contributed by atoms with E-state index in [9.17, 15) is 4.79 Å². The molecule has 0 saturated heterocycles. The molecule has 1 aromatic heterocycles. The van der Waals surface area contributed by atoms with Crippen molar-refractivity contribution < 1.29 is 9.53 Å². The minimum Gasteiger partial charge on any atom is -0.376 e. The Morgan fingerprint density at radius 2 is 2.11 bits per heavy atom. The molecule has 0 unspecified atom stereocenters. The van der Waals surface area contributed by atoms with Gasteiger partial charge in [0.05, 0.1) is 25.8 Å². The van der Waals surface area contributed by atoms with Gasteiger partial charge >= 0.3 is 0 Å². The number of hydrogen-bond donors (Lipinski definition) is 1. The van der Waals surface area contributed by atoms with Crippen LogP contribution in [0, 0.1) is 0 Å². The zero-order valence-corrected chi connectivity index (χ0v) is 14.6. The maximum Gasteiger partial charge on any atom is 0.253 e. The van der Waals surface area contributed by atoms with Crippen molar-refractivity contribution in [2.45, 2.75) is 38.2 Å². The molecule has 106 valence electrons. The van der Waals surface area contributed by atoms with Crippen molar-refractivity contribution in [3.05, 3.63) is 19.2 Å². The summed E-state index contributed by atoms with van der Waals surface area (Å²) in [5.41, 5.74) is 0.676. The lowest BCUT2D eigenvalue weighted by Crippen LogP contribution is -2.29. The van der Waals surface area contributed by atoms with Gasteiger partial charge in [0.1, 0.15) is 0 Å². The van der Waals surface area contributed by atoms with E-state index in [0.717, 1.165) is 20.4 Å². The first-order valence-electron chi connectivity index (χ1n) is 6.51. The van der Waals surface area contributed by atoms with Crippen molar-refractivity contribution in [1.82, 2.24) is 5.32 Å². The molecule has 1 aliphatic carbocycles. The lowest BCUT2D eigenvalue weighted by atomic mass is 9.98. The molecule has 3 nitrogen and oxygen atoms in total. The second-order valence-electron chi connectivity index (χ2n) is 4.62. The summed E-state index contributed by atoms with van der Waals surface area (Å²) >= 11 is 8.26. The van der Waals surface area contributed by atoms with Gasteiger partial charge in [0.2, 0.25) is 0 Å². The first-order chi connectivity index (χ1) is 9.16. The van der Waals surface area contributed by atoms with Crippen molar-refractivity contribution in [1.29, 1.82) is 0 Å². The Morgan fingerprint density at radius 3 is 2.74 bits per heavy atom. The number of carbonyl (C=O) groups is 1. The number of halogens is 2. The molecular weight excluding hydrogens is 394 g/mol. The average Bonchev–Trinajstić information content (AvgIpc) is 2.75. The average molecular weight is 411 g/mol. The summed E-state index contributed by atoms with van der Waals surface area (Å²) in [6, 6.07) is 1.83. The highest BCUT2D eigenvalue weighted by molar-refractivity contribution is 9.12. The highest BCUT2D eigenvalue weighted by Gasteiger charge is 2.15. The predicted octanol–water partition coefficient (Wildman–Crippen LogP) is 4.35. The molecule has 0 bridgehead atoms. The minimum absolute atomic E-state index is 0.0546. The quantitative estimate of drug-likeness (QED) is 0.732. The van der Waals surface area contributed by atoms with Gasteiger partial charge in [0.15, 0.2) is 0 Å². The van der Waals surface area contributed by atoms with E-state index in [2.05, 4.69) is 37.2 Å². The molecule has 1 heterocycles. The van der Waals surface area contributed by atoms with Gasteiger partial charge in [0, 0.05) is 6.54 Å². The van der Waals surface area contributed by atoms with E-state index in [-0.39, 0.29) is 5.91 Å². The number of thiophene rings is 1. The third kappa shape index (κ3) is 4.85. The van der Waals surface area contributed by atoms with E-state index in [1.807, 2.05) is 6.07 Å². The Hall–Kier alpha value is 0.0900. The SMILES string of the molecule is O=C(NCCOC1CCCCC1)c1cc(Br)sc1Br. The number of nitrogens with one attached hydrogen (secondary N) is 1. The van der Waals surface area contributed by atoms with Crippen LogP contribution >= 0.6 is 43.2 Å². The number of ether oxygens (including phenoxy) is 1. The standard InChI is InChI=1S/C13H17Br2NO2S/c14-11-8-10(12(15)19-11)13(17)16-6-7-18-9-4-2-1-3-5-9/h8-9H,1-7H2,(H,16,17). The Labute approximate surface area is 134 Å².